The van der Waals surface area contributed by atoms with Crippen molar-refractivity contribution in [3.05, 3.63) is 23.9 Å². The Kier molecular flexibility index (Phi) is 6.08. The van der Waals surface area contributed by atoms with Crippen LogP contribution in [0.15, 0.2) is 18.3 Å². The van der Waals surface area contributed by atoms with Gasteiger partial charge in [-0.05, 0) is 50.9 Å². The number of halogens is 3. The maximum Gasteiger partial charge on any atom is 0.417 e. The highest BCUT2D eigenvalue weighted by Crippen LogP contribution is 2.29. The van der Waals surface area contributed by atoms with Gasteiger partial charge in [0.1, 0.15) is 5.82 Å². The molecule has 1 atom stereocenters. The van der Waals surface area contributed by atoms with Crippen molar-refractivity contribution in [2.75, 3.05) is 57.3 Å². The number of rotatable bonds is 4. The van der Waals surface area contributed by atoms with E-state index in [1.807, 2.05) is 0 Å². The van der Waals surface area contributed by atoms with E-state index in [0.29, 0.717) is 18.0 Å². The lowest BCUT2D eigenvalue weighted by Crippen LogP contribution is -2.53. The van der Waals surface area contributed by atoms with E-state index in [-0.39, 0.29) is 0 Å². The zero-order valence-corrected chi connectivity index (χ0v) is 16.2. The predicted molar refractivity (Wildman–Crippen MR) is 101 cm³/mol. The van der Waals surface area contributed by atoms with Gasteiger partial charge >= 0.3 is 6.18 Å². The standard InChI is InChI=1S/C20H29F3N4O/c21-20(22,23)16-3-4-19(24-14-16)27-11-9-26(10-12-27)17-5-7-25(8-6-17)15-18-2-1-13-28-18/h3-4,14,17-18H,1-2,5-13,15H2. The number of alkyl halides is 3. The van der Waals surface area contributed by atoms with Gasteiger partial charge in [-0.1, -0.05) is 0 Å². The van der Waals surface area contributed by atoms with E-state index >= 15 is 0 Å². The molecule has 5 nitrogen and oxygen atoms in total. The first-order chi connectivity index (χ1) is 13.5. The number of piperidine rings is 1. The van der Waals surface area contributed by atoms with Crippen molar-refractivity contribution in [2.45, 2.75) is 44.0 Å². The van der Waals surface area contributed by atoms with Crippen molar-refractivity contribution in [1.82, 2.24) is 14.8 Å². The zero-order chi connectivity index (χ0) is 19.6. The van der Waals surface area contributed by atoms with Crippen LogP contribution in [0.25, 0.3) is 0 Å². The Morgan fingerprint density at radius 2 is 1.75 bits per heavy atom. The second kappa shape index (κ2) is 8.55. The Bertz CT molecular complexity index is 617. The number of likely N-dealkylation sites (tertiary alicyclic amines) is 1. The molecular weight excluding hydrogens is 369 g/mol. The van der Waals surface area contributed by atoms with E-state index in [1.165, 1.54) is 31.7 Å². The average molecular weight is 398 g/mol. The third kappa shape index (κ3) is 4.78. The van der Waals surface area contributed by atoms with Crippen LogP contribution in [-0.4, -0.2) is 79.3 Å². The second-order valence-electron chi connectivity index (χ2n) is 8.09. The van der Waals surface area contributed by atoms with Crippen LogP contribution >= 0.6 is 0 Å². The number of hydrogen-bond donors (Lipinski definition) is 0. The van der Waals surface area contributed by atoms with Gasteiger partial charge in [0.25, 0.3) is 0 Å². The Morgan fingerprint density at radius 3 is 2.32 bits per heavy atom. The molecule has 0 aromatic carbocycles. The average Bonchev–Trinajstić information content (AvgIpc) is 3.21. The molecule has 0 aliphatic carbocycles. The van der Waals surface area contributed by atoms with Crippen LogP contribution in [0.2, 0.25) is 0 Å². The van der Waals surface area contributed by atoms with Crippen molar-refractivity contribution >= 4 is 5.82 Å². The summed E-state index contributed by atoms with van der Waals surface area (Å²) in [6, 6.07) is 3.23. The van der Waals surface area contributed by atoms with E-state index in [1.54, 1.807) is 0 Å². The number of aromatic nitrogens is 1. The minimum Gasteiger partial charge on any atom is -0.377 e. The number of piperazine rings is 1. The van der Waals surface area contributed by atoms with Crippen molar-refractivity contribution in [1.29, 1.82) is 0 Å². The highest BCUT2D eigenvalue weighted by atomic mass is 19.4. The molecule has 0 N–H and O–H groups in total. The van der Waals surface area contributed by atoms with Crippen LogP contribution in [-0.2, 0) is 10.9 Å². The van der Waals surface area contributed by atoms with Crippen molar-refractivity contribution in [2.24, 2.45) is 0 Å². The third-order valence-electron chi connectivity index (χ3n) is 6.27. The van der Waals surface area contributed by atoms with Crippen molar-refractivity contribution < 1.29 is 17.9 Å². The molecule has 28 heavy (non-hydrogen) atoms. The van der Waals surface area contributed by atoms with E-state index in [9.17, 15) is 13.2 Å². The molecule has 0 saturated carbocycles. The van der Waals surface area contributed by atoms with Crippen LogP contribution < -0.4 is 4.90 Å². The molecule has 3 aliphatic rings. The first-order valence-corrected chi connectivity index (χ1v) is 10.4. The summed E-state index contributed by atoms with van der Waals surface area (Å²) in [6.07, 6.45) is 1.79. The minimum atomic E-state index is -4.33. The molecule has 0 bridgehead atoms. The summed E-state index contributed by atoms with van der Waals surface area (Å²) in [6.45, 7) is 7.76. The summed E-state index contributed by atoms with van der Waals surface area (Å²) in [5, 5.41) is 0. The number of nitrogens with zero attached hydrogens (tertiary/aromatic N) is 4. The fraction of sp³-hybridized carbons (Fsp3) is 0.750. The van der Waals surface area contributed by atoms with Gasteiger partial charge in [-0.2, -0.15) is 13.2 Å². The fourth-order valence-corrected chi connectivity index (χ4v) is 4.60. The molecule has 0 amide bonds. The molecule has 3 fully saturated rings. The van der Waals surface area contributed by atoms with Gasteiger partial charge in [-0.15, -0.1) is 0 Å². The molecule has 3 saturated heterocycles. The second-order valence-corrected chi connectivity index (χ2v) is 8.09. The minimum absolute atomic E-state index is 0.427. The van der Waals surface area contributed by atoms with Crippen molar-refractivity contribution in [3.63, 3.8) is 0 Å². The van der Waals surface area contributed by atoms with Crippen LogP contribution in [0, 0.1) is 0 Å². The molecule has 1 aromatic heterocycles. The molecule has 4 heterocycles. The molecule has 4 rings (SSSR count). The smallest absolute Gasteiger partial charge is 0.377 e. The highest BCUT2D eigenvalue weighted by molar-refractivity contribution is 5.40. The van der Waals surface area contributed by atoms with Gasteiger partial charge in [-0.25, -0.2) is 4.98 Å². The first kappa shape index (κ1) is 19.9. The molecular formula is C20H29F3N4O. The van der Waals surface area contributed by atoms with Gasteiger partial charge in [0.2, 0.25) is 0 Å². The van der Waals surface area contributed by atoms with Gasteiger partial charge in [0.15, 0.2) is 0 Å². The van der Waals surface area contributed by atoms with E-state index in [2.05, 4.69) is 19.7 Å². The van der Waals surface area contributed by atoms with Gasteiger partial charge in [0.05, 0.1) is 11.7 Å². The Morgan fingerprint density at radius 1 is 1.00 bits per heavy atom. The number of hydrogen-bond acceptors (Lipinski definition) is 5. The summed E-state index contributed by atoms with van der Waals surface area (Å²) in [7, 11) is 0. The van der Waals surface area contributed by atoms with E-state index < -0.39 is 11.7 Å². The Hall–Kier alpha value is -1.38. The first-order valence-electron chi connectivity index (χ1n) is 10.4. The SMILES string of the molecule is FC(F)(F)c1ccc(N2CCN(C3CCN(CC4CCCO4)CC3)CC2)nc1. The summed E-state index contributed by atoms with van der Waals surface area (Å²) in [5.41, 5.74) is -0.690. The maximum atomic E-state index is 12.7. The number of anilines is 1. The monoisotopic (exact) mass is 398 g/mol. The largest absolute Gasteiger partial charge is 0.417 e. The zero-order valence-electron chi connectivity index (χ0n) is 16.2. The Balaban J connectivity index is 1.22. The maximum absolute atomic E-state index is 12.7. The van der Waals surface area contributed by atoms with Gasteiger partial charge in [0, 0.05) is 51.6 Å². The van der Waals surface area contributed by atoms with Crippen LogP contribution in [0.3, 0.4) is 0 Å². The lowest BCUT2D eigenvalue weighted by Gasteiger charge is -2.43. The molecule has 1 unspecified atom stereocenters. The van der Waals surface area contributed by atoms with Crippen LogP contribution in [0.5, 0.6) is 0 Å². The summed E-state index contributed by atoms with van der Waals surface area (Å²) < 4.78 is 43.8. The molecule has 8 heteroatoms. The number of ether oxygens (including phenoxy) is 1. The van der Waals surface area contributed by atoms with Gasteiger partial charge in [-0.3, -0.25) is 4.90 Å². The van der Waals surface area contributed by atoms with Crippen LogP contribution in [0.1, 0.15) is 31.2 Å². The fourth-order valence-electron chi connectivity index (χ4n) is 4.60. The van der Waals surface area contributed by atoms with Crippen LogP contribution in [0.4, 0.5) is 19.0 Å². The van der Waals surface area contributed by atoms with Crippen molar-refractivity contribution in [3.8, 4) is 0 Å². The third-order valence-corrected chi connectivity index (χ3v) is 6.27. The normalized spacial score (nSPS) is 26.1. The quantitative estimate of drug-likeness (QED) is 0.779. The highest BCUT2D eigenvalue weighted by Gasteiger charge is 2.32. The molecule has 1 aromatic rings. The molecule has 0 spiro atoms. The van der Waals surface area contributed by atoms with Gasteiger partial charge < -0.3 is 14.5 Å². The molecule has 3 aliphatic heterocycles. The lowest BCUT2D eigenvalue weighted by molar-refractivity contribution is -0.137. The molecule has 0 radical (unpaired) electrons. The summed E-state index contributed by atoms with van der Waals surface area (Å²) in [5.74, 6) is 0.638. The number of pyridine rings is 1. The topological polar surface area (TPSA) is 31.8 Å². The predicted octanol–water partition coefficient (Wildman–Crippen LogP) is 2.87. The summed E-state index contributed by atoms with van der Waals surface area (Å²) >= 11 is 0. The van der Waals surface area contributed by atoms with E-state index in [0.717, 1.165) is 64.7 Å². The Labute approximate surface area is 164 Å². The lowest BCUT2D eigenvalue weighted by atomic mass is 10.0. The molecule has 156 valence electrons. The summed E-state index contributed by atoms with van der Waals surface area (Å²) in [4.78, 5) is 11.2. The van der Waals surface area contributed by atoms with E-state index in [4.69, 9.17) is 4.74 Å².